The summed E-state index contributed by atoms with van der Waals surface area (Å²) >= 11 is 5.70. The largest absolute Gasteiger partial charge is 0.417 e. The van der Waals surface area contributed by atoms with Crippen LogP contribution in [0.5, 0.6) is 0 Å². The maximum absolute atomic E-state index is 13.7. The van der Waals surface area contributed by atoms with Crippen molar-refractivity contribution in [2.45, 2.75) is 65.3 Å². The van der Waals surface area contributed by atoms with E-state index in [0.717, 1.165) is 24.0 Å². The first-order chi connectivity index (χ1) is 17.3. The molecule has 2 aromatic carbocycles. The van der Waals surface area contributed by atoms with Crippen molar-refractivity contribution in [2.75, 3.05) is 17.1 Å². The lowest BCUT2D eigenvalue weighted by molar-refractivity contribution is -0.141. The molecule has 0 heterocycles. The Labute approximate surface area is 227 Å². The van der Waals surface area contributed by atoms with Gasteiger partial charge in [0.2, 0.25) is 21.8 Å². The molecule has 0 aliphatic rings. The third-order valence-corrected chi connectivity index (χ3v) is 7.05. The number of carbonyl (C=O) groups is 2. The van der Waals surface area contributed by atoms with Crippen LogP contribution in [0.15, 0.2) is 42.5 Å². The fourth-order valence-corrected chi connectivity index (χ4v) is 4.83. The molecule has 0 spiro atoms. The van der Waals surface area contributed by atoms with Crippen LogP contribution in [0, 0.1) is 6.92 Å². The van der Waals surface area contributed by atoms with Gasteiger partial charge >= 0.3 is 6.18 Å². The first-order valence-electron chi connectivity index (χ1n) is 11.8. The smallest absolute Gasteiger partial charge is 0.350 e. The summed E-state index contributed by atoms with van der Waals surface area (Å²) in [5.41, 5.74) is -0.525. The predicted molar refractivity (Wildman–Crippen MR) is 142 cm³/mol. The molecule has 0 aliphatic carbocycles. The van der Waals surface area contributed by atoms with Gasteiger partial charge in [-0.2, -0.15) is 13.2 Å². The van der Waals surface area contributed by atoms with Gasteiger partial charge in [0.25, 0.3) is 0 Å². The third-order valence-electron chi connectivity index (χ3n) is 5.58. The maximum Gasteiger partial charge on any atom is 0.417 e. The number of aryl methyl sites for hydroxylation is 1. The number of benzene rings is 2. The van der Waals surface area contributed by atoms with Crippen molar-refractivity contribution in [1.29, 1.82) is 0 Å². The fraction of sp³-hybridized carbons (Fsp3) is 0.462. The van der Waals surface area contributed by atoms with E-state index >= 15 is 0 Å². The Morgan fingerprint density at radius 3 is 2.11 bits per heavy atom. The van der Waals surface area contributed by atoms with Gasteiger partial charge < -0.3 is 10.2 Å². The number of amides is 2. The summed E-state index contributed by atoms with van der Waals surface area (Å²) in [7, 11) is -4.21. The number of sulfonamides is 1. The molecule has 12 heteroatoms. The van der Waals surface area contributed by atoms with Gasteiger partial charge in [-0.3, -0.25) is 13.9 Å². The average molecular weight is 576 g/mol. The highest BCUT2D eigenvalue weighted by atomic mass is 35.5. The topological polar surface area (TPSA) is 86.8 Å². The fourth-order valence-electron chi connectivity index (χ4n) is 3.76. The Balaban J connectivity index is 2.53. The van der Waals surface area contributed by atoms with Crippen LogP contribution in [-0.2, 0) is 32.3 Å². The van der Waals surface area contributed by atoms with Crippen molar-refractivity contribution in [3.05, 3.63) is 64.2 Å². The number of alkyl halides is 3. The molecule has 1 N–H and O–H groups in total. The Bertz CT molecular complexity index is 1260. The van der Waals surface area contributed by atoms with Crippen LogP contribution < -0.4 is 9.62 Å². The van der Waals surface area contributed by atoms with Gasteiger partial charge in [-0.05, 0) is 57.9 Å². The first kappa shape index (κ1) is 31.4. The van der Waals surface area contributed by atoms with Crippen molar-refractivity contribution in [3.63, 3.8) is 0 Å². The Morgan fingerprint density at radius 1 is 1.05 bits per heavy atom. The van der Waals surface area contributed by atoms with Crippen LogP contribution >= 0.6 is 11.6 Å². The van der Waals surface area contributed by atoms with Crippen molar-refractivity contribution in [1.82, 2.24) is 10.2 Å². The molecule has 0 aliphatic heterocycles. The van der Waals surface area contributed by atoms with Gasteiger partial charge in [-0.25, -0.2) is 8.42 Å². The molecule has 1 atom stereocenters. The number of nitrogens with one attached hydrogen (secondary N) is 1. The zero-order chi connectivity index (χ0) is 29.1. The van der Waals surface area contributed by atoms with Crippen LogP contribution in [0.2, 0.25) is 5.02 Å². The van der Waals surface area contributed by atoms with Crippen molar-refractivity contribution in [2.24, 2.45) is 0 Å². The predicted octanol–water partition coefficient (Wildman–Crippen LogP) is 5.16. The van der Waals surface area contributed by atoms with E-state index in [4.69, 9.17) is 11.6 Å². The highest BCUT2D eigenvalue weighted by molar-refractivity contribution is 7.92. The maximum atomic E-state index is 13.7. The quantitative estimate of drug-likeness (QED) is 0.448. The molecule has 2 aromatic rings. The minimum Gasteiger partial charge on any atom is -0.350 e. The average Bonchev–Trinajstić information content (AvgIpc) is 2.76. The molecular formula is C26H33ClF3N3O4S. The van der Waals surface area contributed by atoms with E-state index in [1.807, 2.05) is 19.1 Å². The second kappa shape index (κ2) is 11.9. The van der Waals surface area contributed by atoms with E-state index in [-0.39, 0.29) is 18.7 Å². The number of halogens is 4. The van der Waals surface area contributed by atoms with Crippen LogP contribution in [0.25, 0.3) is 0 Å². The lowest BCUT2D eigenvalue weighted by Crippen LogP contribution is -2.55. The minimum absolute atomic E-state index is 0.0127. The summed E-state index contributed by atoms with van der Waals surface area (Å²) in [6, 6.07) is 8.90. The van der Waals surface area contributed by atoms with Crippen LogP contribution in [0.1, 0.15) is 50.8 Å². The number of nitrogens with zero attached hydrogens (tertiary/aromatic N) is 2. The molecule has 210 valence electrons. The van der Waals surface area contributed by atoms with Gasteiger partial charge in [0.1, 0.15) is 12.6 Å². The standard InChI is InChI=1S/C26H33ClF3N3O4S/c1-7-22(24(35)31-25(3,4)5)32(15-18-10-8-17(2)9-11-18)23(34)16-33(38(6,36)37)19-12-13-21(27)20(14-19)26(28,29)30/h8-14,22H,7,15-16H2,1-6H3,(H,31,35)/t22-/m1/s1. The molecule has 0 radical (unpaired) electrons. The van der Waals surface area contributed by atoms with Gasteiger partial charge in [-0.15, -0.1) is 0 Å². The summed E-state index contributed by atoms with van der Waals surface area (Å²) in [5.74, 6) is -1.19. The SMILES string of the molecule is CC[C@H](C(=O)NC(C)(C)C)N(Cc1ccc(C)cc1)C(=O)CN(c1ccc(Cl)c(C(F)(F)F)c1)S(C)(=O)=O. The summed E-state index contributed by atoms with van der Waals surface area (Å²) in [5, 5.41) is 2.24. The van der Waals surface area contributed by atoms with Crippen LogP contribution in [-0.4, -0.2) is 49.5 Å². The van der Waals surface area contributed by atoms with E-state index in [9.17, 15) is 31.2 Å². The van der Waals surface area contributed by atoms with Crippen LogP contribution in [0.3, 0.4) is 0 Å². The van der Waals surface area contributed by atoms with E-state index in [2.05, 4.69) is 5.32 Å². The number of carbonyl (C=O) groups excluding carboxylic acids is 2. The van der Waals surface area contributed by atoms with Gasteiger partial charge in [0.05, 0.1) is 22.5 Å². The number of hydrogen-bond acceptors (Lipinski definition) is 4. The summed E-state index contributed by atoms with van der Waals surface area (Å²) < 4.78 is 66.3. The molecule has 0 bridgehead atoms. The summed E-state index contributed by atoms with van der Waals surface area (Å²) in [6.07, 6.45) is -3.83. The molecule has 2 amide bonds. The highest BCUT2D eigenvalue weighted by Crippen LogP contribution is 2.37. The van der Waals surface area contributed by atoms with E-state index in [1.54, 1.807) is 39.8 Å². The highest BCUT2D eigenvalue weighted by Gasteiger charge is 2.36. The van der Waals surface area contributed by atoms with Gasteiger partial charge in [0, 0.05) is 12.1 Å². The molecule has 2 rings (SSSR count). The number of hydrogen-bond donors (Lipinski definition) is 1. The van der Waals surface area contributed by atoms with Crippen molar-refractivity contribution >= 4 is 39.1 Å². The molecule has 0 fully saturated rings. The van der Waals surface area contributed by atoms with E-state index in [0.29, 0.717) is 15.9 Å². The number of rotatable bonds is 9. The molecule has 0 saturated carbocycles. The van der Waals surface area contributed by atoms with Gasteiger partial charge in [-0.1, -0.05) is 48.4 Å². The van der Waals surface area contributed by atoms with E-state index in [1.165, 1.54) is 4.90 Å². The third kappa shape index (κ3) is 8.62. The van der Waals surface area contributed by atoms with Crippen molar-refractivity contribution < 1.29 is 31.2 Å². The van der Waals surface area contributed by atoms with Crippen LogP contribution in [0.4, 0.5) is 18.9 Å². The summed E-state index contributed by atoms with van der Waals surface area (Å²) in [6.45, 7) is 8.13. The monoisotopic (exact) mass is 575 g/mol. The number of anilines is 1. The van der Waals surface area contributed by atoms with Crippen molar-refractivity contribution in [3.8, 4) is 0 Å². The Kier molecular flexibility index (Phi) is 9.88. The minimum atomic E-state index is -4.84. The molecule has 38 heavy (non-hydrogen) atoms. The molecule has 0 aromatic heterocycles. The normalized spacial score (nSPS) is 13.1. The Morgan fingerprint density at radius 2 is 1.63 bits per heavy atom. The zero-order valence-electron chi connectivity index (χ0n) is 22.2. The van der Waals surface area contributed by atoms with Gasteiger partial charge in [0.15, 0.2) is 0 Å². The lowest BCUT2D eigenvalue weighted by atomic mass is 10.1. The van der Waals surface area contributed by atoms with E-state index < -0.39 is 56.7 Å². The molecule has 0 unspecified atom stereocenters. The Hall–Kier alpha value is -2.79. The second-order valence-electron chi connectivity index (χ2n) is 10.1. The lowest BCUT2D eigenvalue weighted by Gasteiger charge is -2.34. The molecule has 0 saturated heterocycles. The summed E-state index contributed by atoms with van der Waals surface area (Å²) in [4.78, 5) is 28.1. The second-order valence-corrected chi connectivity index (χ2v) is 12.4. The molecule has 7 nitrogen and oxygen atoms in total. The molecular weight excluding hydrogens is 543 g/mol. The first-order valence-corrected chi connectivity index (χ1v) is 14.1. The zero-order valence-corrected chi connectivity index (χ0v) is 23.8.